The van der Waals surface area contributed by atoms with Crippen LogP contribution in [0, 0.1) is 5.92 Å². The molecule has 0 nitrogen and oxygen atoms in total. The summed E-state index contributed by atoms with van der Waals surface area (Å²) in [5.41, 5.74) is 0.396. The van der Waals surface area contributed by atoms with Gasteiger partial charge >= 0.3 is 0 Å². The molecule has 2 aliphatic carbocycles. The first-order valence-corrected chi connectivity index (χ1v) is 3.26. The van der Waals surface area contributed by atoms with E-state index in [0.717, 1.165) is 6.42 Å². The number of hydrogen-bond donors (Lipinski definition) is 0. The molecule has 2 bridgehead atoms. The van der Waals surface area contributed by atoms with E-state index in [9.17, 15) is 8.78 Å². The Kier molecular flexibility index (Phi) is 0.815. The maximum atomic E-state index is 12.6. The van der Waals surface area contributed by atoms with Crippen LogP contribution in [-0.4, -0.2) is 5.92 Å². The van der Waals surface area contributed by atoms with Gasteiger partial charge < -0.3 is 0 Å². The predicted octanol–water partition coefficient (Wildman–Crippen LogP) is 2.36. The number of fused-ring (bicyclic) bond motifs is 2. The van der Waals surface area contributed by atoms with Gasteiger partial charge in [-0.05, 0) is 24.3 Å². The van der Waals surface area contributed by atoms with Gasteiger partial charge in [-0.2, -0.15) is 0 Å². The van der Waals surface area contributed by atoms with E-state index in [1.807, 2.05) is 0 Å². The average Bonchev–Trinajstić information content (AvgIpc) is 2.19. The van der Waals surface area contributed by atoms with Crippen molar-refractivity contribution in [2.24, 2.45) is 5.92 Å². The molecule has 0 aromatic carbocycles. The van der Waals surface area contributed by atoms with Gasteiger partial charge in [-0.15, -0.1) is 0 Å². The van der Waals surface area contributed by atoms with Crippen molar-refractivity contribution in [1.82, 2.24) is 0 Å². The Balaban J connectivity index is 2.34. The van der Waals surface area contributed by atoms with Crippen LogP contribution >= 0.6 is 0 Å². The molecule has 0 aromatic heterocycles. The highest BCUT2D eigenvalue weighted by Crippen LogP contribution is 2.49. The molecule has 2 aliphatic rings. The van der Waals surface area contributed by atoms with E-state index < -0.39 is 5.92 Å². The molecule has 2 heteroatoms. The zero-order chi connectivity index (χ0) is 6.48. The molecule has 0 aliphatic heterocycles. The third kappa shape index (κ3) is 0.620. The van der Waals surface area contributed by atoms with Gasteiger partial charge in [-0.25, -0.2) is 8.78 Å². The second kappa shape index (κ2) is 1.36. The second-order valence-electron chi connectivity index (χ2n) is 2.94. The fourth-order valence-corrected chi connectivity index (χ4v) is 1.73. The lowest BCUT2D eigenvalue weighted by atomic mass is 10.0. The Hall–Kier alpha value is -0.400. The van der Waals surface area contributed by atoms with Gasteiger partial charge in [-0.3, -0.25) is 0 Å². The summed E-state index contributed by atoms with van der Waals surface area (Å²) in [7, 11) is 0. The maximum Gasteiger partial charge on any atom is 0.269 e. The maximum absolute atomic E-state index is 12.6. The van der Waals surface area contributed by atoms with Crippen LogP contribution in [-0.2, 0) is 0 Å². The van der Waals surface area contributed by atoms with Gasteiger partial charge in [0, 0.05) is 6.42 Å². The molecule has 50 valence electrons. The Morgan fingerprint density at radius 1 is 1.56 bits per heavy atom. The van der Waals surface area contributed by atoms with Crippen molar-refractivity contribution in [3.05, 3.63) is 11.6 Å². The average molecular weight is 130 g/mol. The number of alkyl halides is 2. The minimum absolute atomic E-state index is 0.110. The fraction of sp³-hybridized carbons (Fsp3) is 0.714. The van der Waals surface area contributed by atoms with Crippen molar-refractivity contribution in [3.63, 3.8) is 0 Å². The lowest BCUT2D eigenvalue weighted by molar-refractivity contribution is 0.0372. The molecule has 0 radical (unpaired) electrons. The molecular formula is C7H8F2. The number of halogens is 2. The summed E-state index contributed by atoms with van der Waals surface area (Å²) in [6, 6.07) is 0. The van der Waals surface area contributed by atoms with Gasteiger partial charge in [0.1, 0.15) is 0 Å². The Morgan fingerprint density at radius 2 is 2.33 bits per heavy atom. The molecule has 0 heterocycles. The summed E-state index contributed by atoms with van der Waals surface area (Å²) >= 11 is 0. The topological polar surface area (TPSA) is 0 Å². The van der Waals surface area contributed by atoms with Gasteiger partial charge in [0.2, 0.25) is 0 Å². The third-order valence-electron chi connectivity index (χ3n) is 2.22. The molecule has 0 amide bonds. The molecule has 1 saturated carbocycles. The molecule has 1 unspecified atom stereocenters. The predicted molar refractivity (Wildman–Crippen MR) is 30.4 cm³/mol. The largest absolute Gasteiger partial charge is 0.269 e. The zero-order valence-electron chi connectivity index (χ0n) is 5.03. The number of hydrogen-bond acceptors (Lipinski definition) is 0. The molecule has 0 spiro atoms. The van der Waals surface area contributed by atoms with Crippen LogP contribution in [0.2, 0.25) is 0 Å². The molecule has 0 N–H and O–H groups in total. The van der Waals surface area contributed by atoms with Gasteiger partial charge in [0.05, 0.1) is 0 Å². The summed E-state index contributed by atoms with van der Waals surface area (Å²) in [6.07, 6.45) is 3.37. The molecule has 0 aromatic rings. The van der Waals surface area contributed by atoms with Crippen LogP contribution in [0.15, 0.2) is 11.6 Å². The van der Waals surface area contributed by atoms with Crippen LogP contribution in [0.5, 0.6) is 0 Å². The van der Waals surface area contributed by atoms with E-state index >= 15 is 0 Å². The van der Waals surface area contributed by atoms with E-state index in [0.29, 0.717) is 12.0 Å². The summed E-state index contributed by atoms with van der Waals surface area (Å²) in [5.74, 6) is -2.15. The van der Waals surface area contributed by atoms with E-state index in [-0.39, 0.29) is 12.3 Å². The first kappa shape index (κ1) is 5.39. The zero-order valence-corrected chi connectivity index (χ0v) is 5.03. The molecular weight excluding hydrogens is 122 g/mol. The molecule has 1 fully saturated rings. The van der Waals surface area contributed by atoms with Crippen LogP contribution in [0.25, 0.3) is 0 Å². The minimum atomic E-state index is -2.43. The van der Waals surface area contributed by atoms with Crippen molar-refractivity contribution >= 4 is 0 Å². The van der Waals surface area contributed by atoms with Crippen molar-refractivity contribution in [2.45, 2.75) is 25.2 Å². The monoisotopic (exact) mass is 130 g/mol. The van der Waals surface area contributed by atoms with E-state index in [1.54, 1.807) is 6.08 Å². The van der Waals surface area contributed by atoms with Gasteiger partial charge in [0.25, 0.3) is 5.92 Å². The molecule has 2 rings (SSSR count). The van der Waals surface area contributed by atoms with Crippen molar-refractivity contribution < 1.29 is 8.78 Å². The minimum Gasteiger partial charge on any atom is -0.202 e. The quantitative estimate of drug-likeness (QED) is 0.441. The van der Waals surface area contributed by atoms with Crippen LogP contribution in [0.4, 0.5) is 8.78 Å². The summed E-state index contributed by atoms with van der Waals surface area (Å²) in [6.45, 7) is 0. The smallest absolute Gasteiger partial charge is 0.202 e. The van der Waals surface area contributed by atoms with Crippen LogP contribution in [0.3, 0.4) is 0 Å². The number of allylic oxidation sites excluding steroid dienone is 2. The summed E-state index contributed by atoms with van der Waals surface area (Å²) in [5, 5.41) is 0. The molecule has 0 saturated heterocycles. The van der Waals surface area contributed by atoms with E-state index in [1.165, 1.54) is 0 Å². The standard InChI is InChI=1S/C7H8F2/c8-7(9)4-5-1-2-6(7)3-5/h2,5H,1,3-4H2. The highest BCUT2D eigenvalue weighted by atomic mass is 19.3. The molecule has 9 heavy (non-hydrogen) atoms. The van der Waals surface area contributed by atoms with E-state index in [2.05, 4.69) is 0 Å². The Bertz CT molecular complexity index is 170. The lowest BCUT2D eigenvalue weighted by Gasteiger charge is -2.13. The van der Waals surface area contributed by atoms with Crippen molar-refractivity contribution in [2.75, 3.05) is 0 Å². The van der Waals surface area contributed by atoms with Crippen LogP contribution in [0.1, 0.15) is 19.3 Å². The van der Waals surface area contributed by atoms with Crippen molar-refractivity contribution in [3.8, 4) is 0 Å². The lowest BCUT2D eigenvalue weighted by Crippen LogP contribution is -2.15. The highest BCUT2D eigenvalue weighted by Gasteiger charge is 2.46. The fourth-order valence-electron chi connectivity index (χ4n) is 1.73. The first-order valence-electron chi connectivity index (χ1n) is 3.26. The van der Waals surface area contributed by atoms with E-state index in [4.69, 9.17) is 0 Å². The first-order chi connectivity index (χ1) is 4.18. The normalized spacial score (nSPS) is 37.1. The van der Waals surface area contributed by atoms with Crippen LogP contribution < -0.4 is 0 Å². The summed E-state index contributed by atoms with van der Waals surface area (Å²) in [4.78, 5) is 0. The summed E-state index contributed by atoms with van der Waals surface area (Å²) < 4.78 is 25.1. The second-order valence-corrected chi connectivity index (χ2v) is 2.94. The van der Waals surface area contributed by atoms with Gasteiger partial charge in [-0.1, -0.05) is 6.08 Å². The molecule has 1 atom stereocenters. The van der Waals surface area contributed by atoms with Crippen molar-refractivity contribution in [1.29, 1.82) is 0 Å². The Labute approximate surface area is 52.6 Å². The van der Waals surface area contributed by atoms with Gasteiger partial charge in [0.15, 0.2) is 0 Å². The number of rotatable bonds is 0. The highest BCUT2D eigenvalue weighted by molar-refractivity contribution is 5.24. The Morgan fingerprint density at radius 3 is 2.56 bits per heavy atom. The third-order valence-corrected chi connectivity index (χ3v) is 2.22. The SMILES string of the molecule is FC1(F)CC2CC=C1C2.